The van der Waals surface area contributed by atoms with Gasteiger partial charge < -0.3 is 10.4 Å². The van der Waals surface area contributed by atoms with E-state index in [2.05, 4.69) is 11.9 Å². The van der Waals surface area contributed by atoms with Crippen molar-refractivity contribution in [2.24, 2.45) is 0 Å². The van der Waals surface area contributed by atoms with E-state index in [1.54, 1.807) is 18.2 Å². The van der Waals surface area contributed by atoms with Gasteiger partial charge in [0.15, 0.2) is 0 Å². The number of thiophene rings is 1. The summed E-state index contributed by atoms with van der Waals surface area (Å²) in [6.45, 7) is 4.26. The Balaban J connectivity index is 1.43. The molecule has 0 fully saturated rings. The lowest BCUT2D eigenvalue weighted by molar-refractivity contribution is -0.111. The highest BCUT2D eigenvalue weighted by molar-refractivity contribution is 7.89. The minimum absolute atomic E-state index is 0.144. The van der Waals surface area contributed by atoms with Crippen LogP contribution in [-0.2, 0) is 41.0 Å². The minimum Gasteiger partial charge on any atom is -0.465 e. The highest BCUT2D eigenvalue weighted by Gasteiger charge is 2.32. The summed E-state index contributed by atoms with van der Waals surface area (Å²) < 4.78 is 27.7. The second-order valence-corrected chi connectivity index (χ2v) is 10.9. The number of hydrogen-bond acceptors (Lipinski definition) is 5. The van der Waals surface area contributed by atoms with E-state index in [0.29, 0.717) is 10.6 Å². The number of carboxylic acid groups (broad SMARTS) is 1. The van der Waals surface area contributed by atoms with Crippen molar-refractivity contribution >= 4 is 38.4 Å². The molecule has 4 rings (SSSR count). The van der Waals surface area contributed by atoms with Gasteiger partial charge in [0.25, 0.3) is 0 Å². The lowest BCUT2D eigenvalue weighted by Crippen LogP contribution is -2.28. The molecule has 3 aromatic rings. The fourth-order valence-corrected chi connectivity index (χ4v) is 6.24. The molecule has 176 valence electrons. The molecule has 2 amide bonds. The van der Waals surface area contributed by atoms with Crippen molar-refractivity contribution in [3.8, 4) is 0 Å². The molecule has 1 aromatic heterocycles. The average Bonchev–Trinajstić information content (AvgIpc) is 3.39. The van der Waals surface area contributed by atoms with E-state index in [-0.39, 0.29) is 37.0 Å². The van der Waals surface area contributed by atoms with Gasteiger partial charge in [-0.25, -0.2) is 13.2 Å². The van der Waals surface area contributed by atoms with Crippen LogP contribution in [0.5, 0.6) is 0 Å². The maximum atomic E-state index is 13.1. The van der Waals surface area contributed by atoms with Crippen LogP contribution in [-0.4, -0.2) is 34.7 Å². The van der Waals surface area contributed by atoms with Gasteiger partial charge in [-0.05, 0) is 41.0 Å². The Labute approximate surface area is 201 Å². The van der Waals surface area contributed by atoms with Crippen LogP contribution in [0.4, 0.5) is 9.80 Å². The van der Waals surface area contributed by atoms with Crippen LogP contribution in [0.2, 0.25) is 0 Å². The van der Waals surface area contributed by atoms with E-state index >= 15 is 0 Å². The summed E-state index contributed by atoms with van der Waals surface area (Å²) in [5, 5.41) is 12.9. The van der Waals surface area contributed by atoms with Crippen molar-refractivity contribution in [3.05, 3.63) is 94.9 Å². The number of rotatable bonds is 8. The molecule has 0 spiro atoms. The monoisotopic (exact) mass is 497 g/mol. The first-order valence-electron chi connectivity index (χ1n) is 10.4. The fraction of sp³-hybridized carbons (Fsp3) is 0.167. The predicted molar refractivity (Wildman–Crippen MR) is 130 cm³/mol. The number of carbonyl (C=O) groups is 2. The number of hydrogen-bond donors (Lipinski definition) is 2. The smallest absolute Gasteiger partial charge is 0.407 e. The van der Waals surface area contributed by atoms with Crippen molar-refractivity contribution in [2.75, 3.05) is 5.32 Å². The second-order valence-electron chi connectivity index (χ2n) is 7.79. The van der Waals surface area contributed by atoms with Crippen molar-refractivity contribution in [1.82, 2.24) is 9.21 Å². The van der Waals surface area contributed by atoms with Gasteiger partial charge in [0, 0.05) is 31.1 Å². The lowest BCUT2D eigenvalue weighted by Gasteiger charge is -2.20. The van der Waals surface area contributed by atoms with Crippen LogP contribution in [0.1, 0.15) is 21.6 Å². The summed E-state index contributed by atoms with van der Waals surface area (Å²) in [6, 6.07) is 17.4. The molecular formula is C24H23N3O5S2. The molecule has 0 bridgehead atoms. The Kier molecular flexibility index (Phi) is 6.82. The first-order chi connectivity index (χ1) is 16.3. The third kappa shape index (κ3) is 5.19. The van der Waals surface area contributed by atoms with E-state index in [1.165, 1.54) is 38.8 Å². The summed E-state index contributed by atoms with van der Waals surface area (Å²) in [6.07, 6.45) is 0.134. The largest absolute Gasteiger partial charge is 0.465 e. The predicted octanol–water partition coefficient (Wildman–Crippen LogP) is 4.26. The first kappa shape index (κ1) is 23.7. The number of nitrogens with zero attached hydrogens (tertiary/aromatic N) is 2. The summed E-state index contributed by atoms with van der Waals surface area (Å²) in [5.41, 5.74) is 2.43. The van der Waals surface area contributed by atoms with Crippen LogP contribution < -0.4 is 5.32 Å². The van der Waals surface area contributed by atoms with Gasteiger partial charge in [0.2, 0.25) is 15.9 Å². The average molecular weight is 498 g/mol. The van der Waals surface area contributed by atoms with E-state index in [4.69, 9.17) is 0 Å². The normalized spacial score (nSPS) is 13.3. The molecule has 34 heavy (non-hydrogen) atoms. The van der Waals surface area contributed by atoms with Crippen LogP contribution in [0.15, 0.2) is 78.2 Å². The SMILES string of the molecule is C=CC(=O)Nc1cc2c(s1)CN(S(=O)(=O)c1ccc(CN(Cc3ccccc3)C(=O)O)cc1)C2. The van der Waals surface area contributed by atoms with Crippen molar-refractivity contribution in [3.63, 3.8) is 0 Å². The summed E-state index contributed by atoms with van der Waals surface area (Å²) in [5.74, 6) is -0.310. The molecule has 2 heterocycles. The van der Waals surface area contributed by atoms with Crippen LogP contribution in [0.25, 0.3) is 0 Å². The summed E-state index contributed by atoms with van der Waals surface area (Å²) in [7, 11) is -3.72. The standard InChI is InChI=1S/C24H23N3O5S2/c1-2-22(28)25-23-12-19-15-27(16-21(19)33-23)34(31,32)20-10-8-18(9-11-20)14-26(24(29)30)13-17-6-4-3-5-7-17/h2-12H,1,13-16H2,(H,25,28)(H,29,30). The molecule has 2 aromatic carbocycles. The summed E-state index contributed by atoms with van der Waals surface area (Å²) >= 11 is 1.35. The van der Waals surface area contributed by atoms with Gasteiger partial charge in [0.05, 0.1) is 9.90 Å². The molecule has 2 N–H and O–H groups in total. The van der Waals surface area contributed by atoms with Crippen molar-refractivity contribution in [2.45, 2.75) is 31.1 Å². The Hall–Kier alpha value is -3.47. The number of benzene rings is 2. The number of sulfonamides is 1. The van der Waals surface area contributed by atoms with E-state index < -0.39 is 16.1 Å². The highest BCUT2D eigenvalue weighted by atomic mass is 32.2. The van der Waals surface area contributed by atoms with Crippen LogP contribution in [0, 0.1) is 0 Å². The molecule has 8 nitrogen and oxygen atoms in total. The zero-order chi connectivity index (χ0) is 24.3. The van der Waals surface area contributed by atoms with Crippen molar-refractivity contribution < 1.29 is 23.1 Å². The zero-order valence-electron chi connectivity index (χ0n) is 18.2. The highest BCUT2D eigenvalue weighted by Crippen LogP contribution is 2.36. The Bertz CT molecular complexity index is 1290. The molecule has 10 heteroatoms. The molecule has 0 aliphatic carbocycles. The minimum atomic E-state index is -3.72. The van der Waals surface area contributed by atoms with Gasteiger partial charge >= 0.3 is 6.09 Å². The maximum absolute atomic E-state index is 13.1. The van der Waals surface area contributed by atoms with Gasteiger partial charge in [0.1, 0.15) is 0 Å². The maximum Gasteiger partial charge on any atom is 0.407 e. The van der Waals surface area contributed by atoms with E-state index in [0.717, 1.165) is 16.0 Å². The third-order valence-electron chi connectivity index (χ3n) is 5.42. The molecule has 0 unspecified atom stereocenters. The molecule has 0 atom stereocenters. The van der Waals surface area contributed by atoms with Gasteiger partial charge in [-0.2, -0.15) is 4.31 Å². The Morgan fingerprint density at radius 1 is 1.06 bits per heavy atom. The molecule has 1 aliphatic heterocycles. The van der Waals surface area contributed by atoms with E-state index in [1.807, 2.05) is 30.3 Å². The van der Waals surface area contributed by atoms with Gasteiger partial charge in [-0.1, -0.05) is 49.0 Å². The van der Waals surface area contributed by atoms with Crippen LogP contribution in [0.3, 0.4) is 0 Å². The first-order valence-corrected chi connectivity index (χ1v) is 12.7. The van der Waals surface area contributed by atoms with Gasteiger partial charge in [-0.15, -0.1) is 11.3 Å². The quantitative estimate of drug-likeness (QED) is 0.452. The number of fused-ring (bicyclic) bond motifs is 1. The number of carbonyl (C=O) groups excluding carboxylic acids is 1. The number of nitrogens with one attached hydrogen (secondary N) is 1. The van der Waals surface area contributed by atoms with Gasteiger partial charge in [-0.3, -0.25) is 9.69 Å². The molecule has 0 saturated carbocycles. The topological polar surface area (TPSA) is 107 Å². The second kappa shape index (κ2) is 9.80. The fourth-order valence-electron chi connectivity index (χ4n) is 3.68. The number of amides is 2. The molecule has 1 aliphatic rings. The Morgan fingerprint density at radius 2 is 1.71 bits per heavy atom. The molecule has 0 saturated heterocycles. The van der Waals surface area contributed by atoms with Crippen molar-refractivity contribution in [1.29, 1.82) is 0 Å². The molecular weight excluding hydrogens is 474 g/mol. The zero-order valence-corrected chi connectivity index (χ0v) is 19.8. The number of anilines is 1. The lowest BCUT2D eigenvalue weighted by atomic mass is 10.2. The molecule has 0 radical (unpaired) electrons. The van der Waals surface area contributed by atoms with Crippen LogP contribution >= 0.6 is 11.3 Å². The third-order valence-corrected chi connectivity index (χ3v) is 8.30. The Morgan fingerprint density at radius 3 is 2.29 bits per heavy atom. The summed E-state index contributed by atoms with van der Waals surface area (Å²) in [4.78, 5) is 25.5. The van der Waals surface area contributed by atoms with E-state index in [9.17, 15) is 23.1 Å².